The fourth-order valence-electron chi connectivity index (χ4n) is 2.01. The minimum atomic E-state index is -4.62. The van der Waals surface area contributed by atoms with Gasteiger partial charge in [0.25, 0.3) is 5.91 Å². The van der Waals surface area contributed by atoms with E-state index in [-0.39, 0.29) is 5.57 Å². The van der Waals surface area contributed by atoms with Gasteiger partial charge in [0.15, 0.2) is 0 Å². The number of alkyl halides is 4. The third-order valence-corrected chi connectivity index (χ3v) is 3.29. The van der Waals surface area contributed by atoms with Crippen LogP contribution in [0.3, 0.4) is 0 Å². The molecule has 0 unspecified atom stereocenters. The first kappa shape index (κ1) is 18.5. The molecule has 2 aromatic rings. The molecule has 2 rings (SSSR count). The van der Waals surface area contributed by atoms with Crippen molar-refractivity contribution in [2.75, 3.05) is 11.2 Å². The molecule has 0 radical (unpaired) electrons. The predicted octanol–water partition coefficient (Wildman–Crippen LogP) is 3.69. The first-order chi connectivity index (χ1) is 11.8. The maximum absolute atomic E-state index is 13.0. The van der Waals surface area contributed by atoms with Crippen LogP contribution in [0.15, 0.2) is 42.2 Å². The second-order valence-electron chi connectivity index (χ2n) is 4.89. The molecular weight excluding hydrogens is 357 g/mol. The lowest BCUT2D eigenvalue weighted by molar-refractivity contribution is -0.137. The number of nitrogens with one attached hydrogen (secondary N) is 1. The summed E-state index contributed by atoms with van der Waals surface area (Å²) in [6.45, 7) is 0.447. The Morgan fingerprint density at radius 3 is 2.76 bits per heavy atom. The number of anilines is 1. The lowest BCUT2D eigenvalue weighted by atomic mass is 10.1. The van der Waals surface area contributed by atoms with Crippen LogP contribution in [-0.4, -0.2) is 21.6 Å². The smallest absolute Gasteiger partial charge is 0.321 e. The van der Waals surface area contributed by atoms with E-state index >= 15 is 0 Å². The summed E-state index contributed by atoms with van der Waals surface area (Å²) < 4.78 is 40.4. The number of hydrogen-bond acceptors (Lipinski definition) is 3. The van der Waals surface area contributed by atoms with Gasteiger partial charge in [-0.15, -0.1) is 11.6 Å². The van der Waals surface area contributed by atoms with Crippen molar-refractivity contribution in [1.29, 1.82) is 5.26 Å². The Morgan fingerprint density at radius 1 is 1.40 bits per heavy atom. The lowest BCUT2D eigenvalue weighted by Gasteiger charge is -2.13. The van der Waals surface area contributed by atoms with Crippen LogP contribution in [0.2, 0.25) is 0 Å². The van der Waals surface area contributed by atoms with E-state index in [0.717, 1.165) is 12.1 Å². The van der Waals surface area contributed by atoms with E-state index < -0.39 is 23.3 Å². The van der Waals surface area contributed by atoms with Gasteiger partial charge in [-0.3, -0.25) is 9.48 Å². The Labute approximate surface area is 146 Å². The van der Waals surface area contributed by atoms with Gasteiger partial charge in [0.05, 0.1) is 24.0 Å². The molecule has 1 aromatic heterocycles. The number of amides is 1. The maximum Gasteiger partial charge on any atom is 0.418 e. The highest BCUT2D eigenvalue weighted by Gasteiger charge is 2.33. The molecule has 25 heavy (non-hydrogen) atoms. The highest BCUT2D eigenvalue weighted by Crippen LogP contribution is 2.34. The normalized spacial score (nSPS) is 11.9. The molecule has 0 aliphatic carbocycles. The van der Waals surface area contributed by atoms with Crippen molar-refractivity contribution in [2.45, 2.75) is 12.7 Å². The van der Waals surface area contributed by atoms with Gasteiger partial charge in [-0.1, -0.05) is 12.1 Å². The average Bonchev–Trinajstić information content (AvgIpc) is 2.99. The fraction of sp³-hybridized carbons (Fsp3) is 0.188. The Balaban J connectivity index is 2.24. The molecule has 1 heterocycles. The number of nitrogens with zero attached hydrogens (tertiary/aromatic N) is 3. The van der Waals surface area contributed by atoms with Gasteiger partial charge >= 0.3 is 6.18 Å². The van der Waals surface area contributed by atoms with Crippen molar-refractivity contribution in [1.82, 2.24) is 9.78 Å². The first-order valence-corrected chi connectivity index (χ1v) is 7.56. The third kappa shape index (κ3) is 4.84. The summed E-state index contributed by atoms with van der Waals surface area (Å²) in [5.74, 6) is -0.603. The first-order valence-electron chi connectivity index (χ1n) is 7.03. The third-order valence-electron chi connectivity index (χ3n) is 3.12. The van der Waals surface area contributed by atoms with Crippen LogP contribution in [0.25, 0.3) is 6.08 Å². The molecule has 0 saturated heterocycles. The van der Waals surface area contributed by atoms with Crippen molar-refractivity contribution in [3.63, 3.8) is 0 Å². The molecule has 9 heteroatoms. The van der Waals surface area contributed by atoms with Gasteiger partial charge in [0.2, 0.25) is 0 Å². The van der Waals surface area contributed by atoms with Gasteiger partial charge in [-0.25, -0.2) is 0 Å². The van der Waals surface area contributed by atoms with Crippen LogP contribution in [0.5, 0.6) is 0 Å². The zero-order valence-corrected chi connectivity index (χ0v) is 13.5. The topological polar surface area (TPSA) is 70.7 Å². The fourth-order valence-corrected chi connectivity index (χ4v) is 2.18. The lowest BCUT2D eigenvalue weighted by Crippen LogP contribution is -2.17. The molecule has 0 saturated carbocycles. The molecule has 0 spiro atoms. The maximum atomic E-state index is 13.0. The molecule has 0 aliphatic rings. The molecule has 1 amide bonds. The number of carbonyl (C=O) groups excluding carboxylic acids is 1. The van der Waals surface area contributed by atoms with Gasteiger partial charge in [-0.2, -0.15) is 23.5 Å². The molecule has 0 atom stereocenters. The standard InChI is InChI=1S/C16H12ClF3N4O/c17-5-6-24-10-11(9-22-24)7-12(8-21)15(25)23-14-4-2-1-3-13(14)16(18,19)20/h1-4,7,9-10H,5-6H2,(H,23,25). The van der Waals surface area contributed by atoms with E-state index in [1.165, 1.54) is 29.1 Å². The van der Waals surface area contributed by atoms with E-state index in [4.69, 9.17) is 16.9 Å². The molecule has 0 bridgehead atoms. The predicted molar refractivity (Wildman–Crippen MR) is 86.6 cm³/mol. The van der Waals surface area contributed by atoms with Gasteiger partial charge < -0.3 is 5.32 Å². The number of aryl methyl sites for hydroxylation is 1. The minimum absolute atomic E-state index is 0.338. The second kappa shape index (κ2) is 7.85. The SMILES string of the molecule is N#CC(=Cc1cnn(CCCl)c1)C(=O)Nc1ccccc1C(F)(F)F. The summed E-state index contributed by atoms with van der Waals surface area (Å²) >= 11 is 5.59. The summed E-state index contributed by atoms with van der Waals surface area (Å²) in [5.41, 5.74) is -1.29. The van der Waals surface area contributed by atoms with E-state index in [2.05, 4.69) is 10.4 Å². The summed E-state index contributed by atoms with van der Waals surface area (Å²) in [7, 11) is 0. The van der Waals surface area contributed by atoms with E-state index in [0.29, 0.717) is 18.0 Å². The summed E-state index contributed by atoms with van der Waals surface area (Å²) in [5, 5.41) is 15.2. The molecule has 5 nitrogen and oxygen atoms in total. The van der Waals surface area contributed by atoms with Crippen LogP contribution >= 0.6 is 11.6 Å². The highest BCUT2D eigenvalue weighted by atomic mass is 35.5. The molecule has 1 aromatic carbocycles. The van der Waals surface area contributed by atoms with Crippen LogP contribution in [0, 0.1) is 11.3 Å². The Hall–Kier alpha value is -2.79. The monoisotopic (exact) mass is 368 g/mol. The number of halogens is 4. The zero-order chi connectivity index (χ0) is 18.4. The van der Waals surface area contributed by atoms with Crippen molar-refractivity contribution in [3.8, 4) is 6.07 Å². The van der Waals surface area contributed by atoms with E-state index in [1.54, 1.807) is 12.3 Å². The van der Waals surface area contributed by atoms with Gasteiger partial charge in [-0.05, 0) is 18.2 Å². The minimum Gasteiger partial charge on any atom is -0.321 e. The van der Waals surface area contributed by atoms with Crippen LogP contribution in [0.4, 0.5) is 18.9 Å². The number of benzene rings is 1. The van der Waals surface area contributed by atoms with Gasteiger partial charge in [0.1, 0.15) is 11.6 Å². The average molecular weight is 369 g/mol. The quantitative estimate of drug-likeness (QED) is 0.497. The van der Waals surface area contributed by atoms with E-state index in [9.17, 15) is 18.0 Å². The number of hydrogen-bond donors (Lipinski definition) is 1. The largest absolute Gasteiger partial charge is 0.418 e. The number of rotatable bonds is 5. The number of para-hydroxylation sites is 1. The van der Waals surface area contributed by atoms with Gasteiger partial charge in [0, 0.05) is 17.6 Å². The molecule has 130 valence electrons. The van der Waals surface area contributed by atoms with Crippen LogP contribution < -0.4 is 5.32 Å². The number of aromatic nitrogens is 2. The number of nitriles is 1. The molecule has 0 fully saturated rings. The molecular formula is C16H12ClF3N4O. The Kier molecular flexibility index (Phi) is 5.83. The Morgan fingerprint density at radius 2 is 2.12 bits per heavy atom. The number of carbonyl (C=O) groups is 1. The highest BCUT2D eigenvalue weighted by molar-refractivity contribution is 6.17. The summed E-state index contributed by atoms with van der Waals surface area (Å²) in [6.07, 6.45) is -0.399. The molecule has 0 aliphatic heterocycles. The second-order valence-corrected chi connectivity index (χ2v) is 5.27. The van der Waals surface area contributed by atoms with Crippen molar-refractivity contribution in [3.05, 3.63) is 53.4 Å². The summed E-state index contributed by atoms with van der Waals surface area (Å²) in [6, 6.07) is 6.21. The van der Waals surface area contributed by atoms with Crippen LogP contribution in [-0.2, 0) is 17.5 Å². The molecule has 1 N–H and O–H groups in total. The van der Waals surface area contributed by atoms with E-state index in [1.807, 2.05) is 0 Å². The van der Waals surface area contributed by atoms with Crippen LogP contribution in [0.1, 0.15) is 11.1 Å². The summed E-state index contributed by atoms with van der Waals surface area (Å²) in [4.78, 5) is 12.1. The van der Waals surface area contributed by atoms with Crippen molar-refractivity contribution in [2.24, 2.45) is 0 Å². The zero-order valence-electron chi connectivity index (χ0n) is 12.7. The van der Waals surface area contributed by atoms with Crippen molar-refractivity contribution >= 4 is 29.3 Å². The Bertz CT molecular complexity index is 836. The van der Waals surface area contributed by atoms with Crippen molar-refractivity contribution < 1.29 is 18.0 Å².